The van der Waals surface area contributed by atoms with Gasteiger partial charge >= 0.3 is 6.03 Å². The van der Waals surface area contributed by atoms with Crippen molar-refractivity contribution in [1.82, 2.24) is 15.5 Å². The normalized spacial score (nSPS) is 18.0. The third-order valence-electron chi connectivity index (χ3n) is 2.61. The van der Waals surface area contributed by atoms with Gasteiger partial charge in [0, 0.05) is 38.8 Å². The standard InChI is InChI=1S/C10H21N3O2/c1-9(3-2-8-14)11-4-6-13-7-5-12-10(13)15/h9,11,14H,2-8H2,1H3,(H,12,15). The topological polar surface area (TPSA) is 64.6 Å². The Bertz CT molecular complexity index is 199. The maximum atomic E-state index is 11.2. The highest BCUT2D eigenvalue weighted by Crippen LogP contribution is 1.97. The van der Waals surface area contributed by atoms with Crippen molar-refractivity contribution in [1.29, 1.82) is 0 Å². The second-order valence-corrected chi connectivity index (χ2v) is 3.94. The van der Waals surface area contributed by atoms with Gasteiger partial charge in [-0.05, 0) is 19.8 Å². The molecule has 5 heteroatoms. The first kappa shape index (κ1) is 12.3. The maximum Gasteiger partial charge on any atom is 0.317 e. The van der Waals surface area contributed by atoms with E-state index in [-0.39, 0.29) is 12.6 Å². The van der Waals surface area contributed by atoms with Crippen LogP contribution in [0.2, 0.25) is 0 Å². The van der Waals surface area contributed by atoms with Crippen LogP contribution in [0.15, 0.2) is 0 Å². The highest BCUT2D eigenvalue weighted by atomic mass is 16.3. The number of urea groups is 1. The number of hydrogen-bond acceptors (Lipinski definition) is 3. The number of hydrogen-bond donors (Lipinski definition) is 3. The van der Waals surface area contributed by atoms with E-state index in [1.807, 2.05) is 4.90 Å². The number of carbonyl (C=O) groups is 1. The van der Waals surface area contributed by atoms with Crippen molar-refractivity contribution in [2.45, 2.75) is 25.8 Å². The summed E-state index contributed by atoms with van der Waals surface area (Å²) in [4.78, 5) is 13.0. The molecule has 1 aliphatic heterocycles. The van der Waals surface area contributed by atoms with E-state index in [1.165, 1.54) is 0 Å². The van der Waals surface area contributed by atoms with Crippen LogP contribution in [0.3, 0.4) is 0 Å². The molecule has 1 heterocycles. The Balaban J connectivity index is 2.02. The summed E-state index contributed by atoms with van der Waals surface area (Å²) < 4.78 is 0. The van der Waals surface area contributed by atoms with Crippen LogP contribution in [0.25, 0.3) is 0 Å². The predicted molar refractivity (Wildman–Crippen MR) is 58.8 cm³/mol. The molecule has 2 amide bonds. The maximum absolute atomic E-state index is 11.2. The average Bonchev–Trinajstić information content (AvgIpc) is 2.61. The van der Waals surface area contributed by atoms with E-state index >= 15 is 0 Å². The van der Waals surface area contributed by atoms with Gasteiger partial charge in [0.15, 0.2) is 0 Å². The minimum absolute atomic E-state index is 0.0415. The molecule has 15 heavy (non-hydrogen) atoms. The van der Waals surface area contributed by atoms with Gasteiger partial charge in [-0.2, -0.15) is 0 Å². The fourth-order valence-corrected chi connectivity index (χ4v) is 1.67. The second-order valence-electron chi connectivity index (χ2n) is 3.94. The molecule has 0 aliphatic carbocycles. The van der Waals surface area contributed by atoms with Crippen molar-refractivity contribution in [3.05, 3.63) is 0 Å². The molecule has 88 valence electrons. The lowest BCUT2D eigenvalue weighted by Gasteiger charge is -2.17. The third-order valence-corrected chi connectivity index (χ3v) is 2.61. The van der Waals surface area contributed by atoms with Gasteiger partial charge in [0.25, 0.3) is 0 Å². The molecule has 5 nitrogen and oxygen atoms in total. The fraction of sp³-hybridized carbons (Fsp3) is 0.900. The first-order chi connectivity index (χ1) is 7.24. The smallest absolute Gasteiger partial charge is 0.317 e. The molecule has 1 fully saturated rings. The van der Waals surface area contributed by atoms with Crippen LogP contribution >= 0.6 is 0 Å². The molecule has 0 radical (unpaired) electrons. The molecule has 0 aromatic carbocycles. The summed E-state index contributed by atoms with van der Waals surface area (Å²) in [5.74, 6) is 0. The van der Waals surface area contributed by atoms with Crippen LogP contribution in [0.5, 0.6) is 0 Å². The summed E-state index contributed by atoms with van der Waals surface area (Å²) in [5.41, 5.74) is 0. The van der Waals surface area contributed by atoms with E-state index in [0.717, 1.165) is 39.0 Å². The monoisotopic (exact) mass is 215 g/mol. The summed E-state index contributed by atoms with van der Waals surface area (Å²) in [5, 5.41) is 14.8. The van der Waals surface area contributed by atoms with Gasteiger partial charge in [-0.15, -0.1) is 0 Å². The fourth-order valence-electron chi connectivity index (χ4n) is 1.67. The lowest BCUT2D eigenvalue weighted by molar-refractivity contribution is 0.216. The van der Waals surface area contributed by atoms with Crippen LogP contribution in [0, 0.1) is 0 Å². The lowest BCUT2D eigenvalue weighted by atomic mass is 10.2. The van der Waals surface area contributed by atoms with E-state index < -0.39 is 0 Å². The molecule has 0 spiro atoms. The lowest BCUT2D eigenvalue weighted by Crippen LogP contribution is -2.37. The van der Waals surface area contributed by atoms with Gasteiger partial charge in [0.1, 0.15) is 0 Å². The number of carbonyl (C=O) groups excluding carboxylic acids is 1. The molecule has 1 saturated heterocycles. The summed E-state index contributed by atoms with van der Waals surface area (Å²) in [6.45, 7) is 5.50. The van der Waals surface area contributed by atoms with Crippen LogP contribution in [-0.4, -0.2) is 54.9 Å². The Morgan fingerprint density at radius 3 is 3.07 bits per heavy atom. The van der Waals surface area contributed by atoms with Gasteiger partial charge in [0.05, 0.1) is 0 Å². The summed E-state index contributed by atoms with van der Waals surface area (Å²) >= 11 is 0. The van der Waals surface area contributed by atoms with E-state index in [0.29, 0.717) is 6.04 Å². The molecule has 1 unspecified atom stereocenters. The van der Waals surface area contributed by atoms with Gasteiger partial charge in [-0.1, -0.05) is 0 Å². The highest BCUT2D eigenvalue weighted by molar-refractivity contribution is 5.76. The zero-order chi connectivity index (χ0) is 11.1. The van der Waals surface area contributed by atoms with Crippen LogP contribution in [0.4, 0.5) is 4.79 Å². The van der Waals surface area contributed by atoms with Crippen molar-refractivity contribution < 1.29 is 9.90 Å². The Morgan fingerprint density at radius 2 is 2.47 bits per heavy atom. The van der Waals surface area contributed by atoms with E-state index in [1.54, 1.807) is 0 Å². The number of nitrogens with one attached hydrogen (secondary N) is 2. The molecule has 3 N–H and O–H groups in total. The van der Waals surface area contributed by atoms with E-state index in [4.69, 9.17) is 5.11 Å². The number of aliphatic hydroxyl groups excluding tert-OH is 1. The second kappa shape index (κ2) is 6.63. The Labute approximate surface area is 90.8 Å². The van der Waals surface area contributed by atoms with Gasteiger partial charge in [-0.25, -0.2) is 4.79 Å². The molecule has 1 rings (SSSR count). The summed E-state index contributed by atoms with van der Waals surface area (Å²) in [7, 11) is 0. The van der Waals surface area contributed by atoms with Gasteiger partial charge in [0.2, 0.25) is 0 Å². The third kappa shape index (κ3) is 4.48. The first-order valence-electron chi connectivity index (χ1n) is 5.61. The minimum Gasteiger partial charge on any atom is -0.396 e. The summed E-state index contributed by atoms with van der Waals surface area (Å²) in [6.07, 6.45) is 1.81. The molecule has 1 aliphatic rings. The van der Waals surface area contributed by atoms with Crippen molar-refractivity contribution in [3.63, 3.8) is 0 Å². The quantitative estimate of drug-likeness (QED) is 0.549. The van der Waals surface area contributed by atoms with Crippen LogP contribution < -0.4 is 10.6 Å². The van der Waals surface area contributed by atoms with Crippen LogP contribution in [0.1, 0.15) is 19.8 Å². The molecular weight excluding hydrogens is 194 g/mol. The number of aliphatic hydroxyl groups is 1. The zero-order valence-electron chi connectivity index (χ0n) is 9.33. The Kier molecular flexibility index (Phi) is 5.42. The average molecular weight is 215 g/mol. The number of rotatable bonds is 7. The molecule has 0 aromatic heterocycles. The minimum atomic E-state index is 0.0415. The van der Waals surface area contributed by atoms with Crippen molar-refractivity contribution >= 4 is 6.03 Å². The van der Waals surface area contributed by atoms with Crippen molar-refractivity contribution in [2.24, 2.45) is 0 Å². The molecule has 0 saturated carbocycles. The molecular formula is C10H21N3O2. The van der Waals surface area contributed by atoms with Crippen LogP contribution in [-0.2, 0) is 0 Å². The molecule has 0 bridgehead atoms. The van der Waals surface area contributed by atoms with Gasteiger partial charge < -0.3 is 20.6 Å². The molecule has 0 aromatic rings. The number of amides is 2. The highest BCUT2D eigenvalue weighted by Gasteiger charge is 2.18. The zero-order valence-corrected chi connectivity index (χ0v) is 9.33. The first-order valence-corrected chi connectivity index (χ1v) is 5.61. The summed E-state index contributed by atoms with van der Waals surface area (Å²) in [6, 6.07) is 0.447. The van der Waals surface area contributed by atoms with Crippen molar-refractivity contribution in [2.75, 3.05) is 32.8 Å². The largest absolute Gasteiger partial charge is 0.396 e. The van der Waals surface area contributed by atoms with Gasteiger partial charge in [-0.3, -0.25) is 0 Å². The van der Waals surface area contributed by atoms with E-state index in [9.17, 15) is 4.79 Å². The predicted octanol–water partition coefficient (Wildman–Crippen LogP) is -0.238. The van der Waals surface area contributed by atoms with E-state index in [2.05, 4.69) is 17.6 Å². The number of nitrogens with zero attached hydrogens (tertiary/aromatic N) is 1. The Hall–Kier alpha value is -0.810. The molecule has 1 atom stereocenters. The SMILES string of the molecule is CC(CCCO)NCCN1CCNC1=O. The Morgan fingerprint density at radius 1 is 1.67 bits per heavy atom. The van der Waals surface area contributed by atoms with Crippen molar-refractivity contribution in [3.8, 4) is 0 Å².